The van der Waals surface area contributed by atoms with Crippen molar-refractivity contribution in [3.05, 3.63) is 42.1 Å². The summed E-state index contributed by atoms with van der Waals surface area (Å²) in [4.78, 5) is 24.7. The Hall–Kier alpha value is -3.59. The zero-order valence-electron chi connectivity index (χ0n) is 17.7. The molecule has 0 atom stereocenters. The minimum atomic E-state index is -0.381. The van der Waals surface area contributed by atoms with Crippen molar-refractivity contribution in [1.29, 1.82) is 0 Å². The van der Waals surface area contributed by atoms with Gasteiger partial charge < -0.3 is 29.2 Å². The van der Waals surface area contributed by atoms with Gasteiger partial charge in [0.1, 0.15) is 0 Å². The molecule has 3 aromatic rings. The van der Waals surface area contributed by atoms with E-state index in [1.54, 1.807) is 12.1 Å². The molecule has 9 nitrogen and oxygen atoms in total. The van der Waals surface area contributed by atoms with Gasteiger partial charge in [-0.1, -0.05) is 12.1 Å². The van der Waals surface area contributed by atoms with Gasteiger partial charge in [-0.05, 0) is 12.1 Å². The van der Waals surface area contributed by atoms with Gasteiger partial charge >= 0.3 is 0 Å². The molecule has 1 aliphatic heterocycles. The number of para-hydroxylation sites is 2. The zero-order chi connectivity index (χ0) is 21.8. The van der Waals surface area contributed by atoms with Crippen LogP contribution in [0.1, 0.15) is 10.5 Å². The molecular weight excluding hydrogens is 400 g/mol. The number of fused-ring (bicyclic) bond motifs is 1. The molecule has 1 amide bonds. The summed E-state index contributed by atoms with van der Waals surface area (Å²) in [5, 5.41) is 2.89. The molecule has 0 bridgehead atoms. The highest BCUT2D eigenvalue weighted by molar-refractivity contribution is 6.07. The largest absolute Gasteiger partial charge is 0.493 e. The third-order valence-corrected chi connectivity index (χ3v) is 5.00. The van der Waals surface area contributed by atoms with Gasteiger partial charge in [0.2, 0.25) is 5.75 Å². The van der Waals surface area contributed by atoms with Crippen molar-refractivity contribution in [2.45, 2.75) is 0 Å². The fourth-order valence-electron chi connectivity index (χ4n) is 3.48. The van der Waals surface area contributed by atoms with E-state index in [-0.39, 0.29) is 11.6 Å². The van der Waals surface area contributed by atoms with E-state index in [0.29, 0.717) is 60.6 Å². The number of nitrogens with one attached hydrogen (secondary N) is 1. The first kappa shape index (κ1) is 20.7. The van der Waals surface area contributed by atoms with Gasteiger partial charge in [0.25, 0.3) is 5.91 Å². The average molecular weight is 424 g/mol. The highest BCUT2D eigenvalue weighted by atomic mass is 16.5. The molecule has 31 heavy (non-hydrogen) atoms. The van der Waals surface area contributed by atoms with Crippen LogP contribution in [0.4, 0.5) is 11.5 Å². The summed E-state index contributed by atoms with van der Waals surface area (Å²) in [5.41, 5.74) is 2.11. The Balaban J connectivity index is 1.73. The predicted molar refractivity (Wildman–Crippen MR) is 117 cm³/mol. The smallest absolute Gasteiger partial charge is 0.278 e. The first-order valence-corrected chi connectivity index (χ1v) is 9.85. The number of benzene rings is 2. The molecule has 4 rings (SSSR count). The second kappa shape index (κ2) is 9.05. The van der Waals surface area contributed by atoms with Crippen molar-refractivity contribution in [3.63, 3.8) is 0 Å². The van der Waals surface area contributed by atoms with Crippen molar-refractivity contribution >= 4 is 28.4 Å². The Labute approximate surface area is 179 Å². The standard InChI is InChI=1S/C22H24N4O5/c1-28-17-12-14(13-18(29-2)20(17)30-3)23-22(27)19-21(26-8-10-31-11-9-26)25-16-7-5-4-6-15(16)24-19/h4-7,12-13H,8-11H2,1-3H3,(H,23,27). The SMILES string of the molecule is COc1cc(NC(=O)c2nc3ccccc3nc2N2CCOCC2)cc(OC)c1OC. The Morgan fingerprint density at radius 1 is 0.968 bits per heavy atom. The van der Waals surface area contributed by atoms with E-state index in [0.717, 1.165) is 5.52 Å². The number of methoxy groups -OCH3 is 3. The van der Waals surface area contributed by atoms with Gasteiger partial charge in [0, 0.05) is 30.9 Å². The Morgan fingerprint density at radius 3 is 2.16 bits per heavy atom. The molecule has 1 N–H and O–H groups in total. The first-order chi connectivity index (χ1) is 15.1. The molecule has 1 aliphatic rings. The number of hydrogen-bond acceptors (Lipinski definition) is 8. The van der Waals surface area contributed by atoms with E-state index in [1.807, 2.05) is 29.2 Å². The average Bonchev–Trinajstić information content (AvgIpc) is 2.83. The third kappa shape index (κ3) is 4.17. The van der Waals surface area contributed by atoms with Crippen molar-refractivity contribution in [3.8, 4) is 17.2 Å². The van der Waals surface area contributed by atoms with E-state index in [2.05, 4.69) is 10.3 Å². The number of hydrogen-bond donors (Lipinski definition) is 1. The summed E-state index contributed by atoms with van der Waals surface area (Å²) >= 11 is 0. The van der Waals surface area contributed by atoms with E-state index in [4.69, 9.17) is 23.9 Å². The molecule has 1 aromatic heterocycles. The van der Waals surface area contributed by atoms with Gasteiger partial charge in [-0.25, -0.2) is 9.97 Å². The van der Waals surface area contributed by atoms with Gasteiger partial charge in [-0.3, -0.25) is 4.79 Å². The maximum absolute atomic E-state index is 13.3. The summed E-state index contributed by atoms with van der Waals surface area (Å²) in [7, 11) is 4.57. The molecule has 162 valence electrons. The quantitative estimate of drug-likeness (QED) is 0.646. The lowest BCUT2D eigenvalue weighted by atomic mass is 10.2. The number of anilines is 2. The van der Waals surface area contributed by atoms with Crippen LogP contribution in [0.15, 0.2) is 36.4 Å². The lowest BCUT2D eigenvalue weighted by molar-refractivity contribution is 0.102. The first-order valence-electron chi connectivity index (χ1n) is 9.85. The number of nitrogens with zero attached hydrogens (tertiary/aromatic N) is 3. The fourth-order valence-corrected chi connectivity index (χ4v) is 3.48. The lowest BCUT2D eigenvalue weighted by Gasteiger charge is -2.29. The van der Waals surface area contributed by atoms with E-state index in [1.165, 1.54) is 21.3 Å². The van der Waals surface area contributed by atoms with Crippen LogP contribution < -0.4 is 24.4 Å². The van der Waals surface area contributed by atoms with Crippen molar-refractivity contribution < 1.29 is 23.7 Å². The molecule has 2 aromatic carbocycles. The summed E-state index contributed by atoms with van der Waals surface area (Å²) in [5.74, 6) is 1.48. The van der Waals surface area contributed by atoms with Crippen LogP contribution in [0.25, 0.3) is 11.0 Å². The third-order valence-electron chi connectivity index (χ3n) is 5.00. The number of amides is 1. The zero-order valence-corrected chi connectivity index (χ0v) is 17.7. The van der Waals surface area contributed by atoms with Crippen molar-refractivity contribution in [2.75, 3.05) is 57.8 Å². The Morgan fingerprint density at radius 2 is 1.58 bits per heavy atom. The van der Waals surface area contributed by atoms with Gasteiger partial charge in [-0.15, -0.1) is 0 Å². The second-order valence-electron chi connectivity index (χ2n) is 6.85. The number of carbonyl (C=O) groups is 1. The van der Waals surface area contributed by atoms with Crippen LogP contribution in [0.3, 0.4) is 0 Å². The lowest BCUT2D eigenvalue weighted by Crippen LogP contribution is -2.38. The van der Waals surface area contributed by atoms with Gasteiger partial charge in [-0.2, -0.15) is 0 Å². The molecule has 9 heteroatoms. The van der Waals surface area contributed by atoms with E-state index < -0.39 is 0 Å². The number of rotatable bonds is 6. The van der Waals surface area contributed by atoms with Crippen LogP contribution in [0, 0.1) is 0 Å². The van der Waals surface area contributed by atoms with Crippen LogP contribution >= 0.6 is 0 Å². The van der Waals surface area contributed by atoms with Crippen LogP contribution in [-0.4, -0.2) is 63.5 Å². The number of aromatic nitrogens is 2. The van der Waals surface area contributed by atoms with Crippen LogP contribution in [-0.2, 0) is 4.74 Å². The maximum atomic E-state index is 13.3. The highest BCUT2D eigenvalue weighted by Crippen LogP contribution is 2.40. The summed E-state index contributed by atoms with van der Waals surface area (Å²) in [6, 6.07) is 10.8. The number of morpholine rings is 1. The minimum Gasteiger partial charge on any atom is -0.493 e. The number of carbonyl (C=O) groups excluding carboxylic acids is 1. The van der Waals surface area contributed by atoms with E-state index >= 15 is 0 Å². The normalized spacial score (nSPS) is 13.7. The molecular formula is C22H24N4O5. The highest BCUT2D eigenvalue weighted by Gasteiger charge is 2.24. The summed E-state index contributed by atoms with van der Waals surface area (Å²) in [6.45, 7) is 2.42. The molecule has 1 saturated heterocycles. The Bertz CT molecular complexity index is 1070. The molecule has 0 saturated carbocycles. The van der Waals surface area contributed by atoms with Gasteiger partial charge in [0.15, 0.2) is 23.0 Å². The van der Waals surface area contributed by atoms with Crippen molar-refractivity contribution in [1.82, 2.24) is 9.97 Å². The molecule has 0 spiro atoms. The Kier molecular flexibility index (Phi) is 6.03. The second-order valence-corrected chi connectivity index (χ2v) is 6.85. The maximum Gasteiger partial charge on any atom is 0.278 e. The topological polar surface area (TPSA) is 95.0 Å². The van der Waals surface area contributed by atoms with Gasteiger partial charge in [0.05, 0.1) is 45.6 Å². The molecule has 0 aliphatic carbocycles. The number of ether oxygens (including phenoxy) is 4. The summed E-state index contributed by atoms with van der Waals surface area (Å²) < 4.78 is 21.5. The molecule has 0 radical (unpaired) electrons. The minimum absolute atomic E-state index is 0.245. The molecule has 1 fully saturated rings. The van der Waals surface area contributed by atoms with E-state index in [9.17, 15) is 4.79 Å². The monoisotopic (exact) mass is 424 g/mol. The summed E-state index contributed by atoms with van der Waals surface area (Å²) in [6.07, 6.45) is 0. The van der Waals surface area contributed by atoms with Crippen LogP contribution in [0.2, 0.25) is 0 Å². The fraction of sp³-hybridized carbons (Fsp3) is 0.318. The van der Waals surface area contributed by atoms with Crippen LogP contribution in [0.5, 0.6) is 17.2 Å². The van der Waals surface area contributed by atoms with Crippen molar-refractivity contribution in [2.24, 2.45) is 0 Å². The molecule has 0 unspecified atom stereocenters. The predicted octanol–water partition coefficient (Wildman–Crippen LogP) is 2.74. The molecule has 2 heterocycles.